The van der Waals surface area contributed by atoms with E-state index in [1.165, 1.54) is 12.1 Å². The maximum Gasteiger partial charge on any atom is 0.270 e. The van der Waals surface area contributed by atoms with Crippen LogP contribution in [0.2, 0.25) is 5.02 Å². The van der Waals surface area contributed by atoms with Crippen LogP contribution in [0.25, 0.3) is 0 Å². The molecule has 20 heavy (non-hydrogen) atoms. The smallest absolute Gasteiger partial charge is 0.270 e. The molecule has 0 bridgehead atoms. The second kappa shape index (κ2) is 5.70. The van der Waals surface area contributed by atoms with Gasteiger partial charge < -0.3 is 9.84 Å². The van der Waals surface area contributed by atoms with Crippen molar-refractivity contribution in [1.82, 2.24) is 10.5 Å². The number of non-ortho nitro benzene ring substituents is 1. The second-order valence-corrected chi connectivity index (χ2v) is 4.45. The fraction of sp³-hybridized carbons (Fsp3) is 0.167. The van der Waals surface area contributed by atoms with E-state index >= 15 is 0 Å². The molecule has 1 aromatic carbocycles. The maximum absolute atomic E-state index is 11.9. The number of aryl methyl sites for hydroxylation is 1. The number of carbonyl (C=O) groups is 1. The Hall–Kier alpha value is -2.41. The summed E-state index contributed by atoms with van der Waals surface area (Å²) in [5, 5.41) is 16.9. The van der Waals surface area contributed by atoms with Gasteiger partial charge in [0.15, 0.2) is 5.76 Å². The van der Waals surface area contributed by atoms with Crippen LogP contribution in [0.4, 0.5) is 5.69 Å². The third-order valence-electron chi connectivity index (χ3n) is 2.51. The molecular formula is C12H10ClN3O4. The molecule has 1 aromatic heterocycles. The molecule has 0 radical (unpaired) electrons. The van der Waals surface area contributed by atoms with Crippen molar-refractivity contribution in [3.8, 4) is 0 Å². The molecule has 1 N–H and O–H groups in total. The summed E-state index contributed by atoms with van der Waals surface area (Å²) in [6, 6.07) is 5.35. The zero-order valence-corrected chi connectivity index (χ0v) is 11.2. The number of rotatable bonds is 4. The van der Waals surface area contributed by atoms with Crippen LogP contribution >= 0.6 is 11.6 Å². The minimum Gasteiger partial charge on any atom is -0.359 e. The van der Waals surface area contributed by atoms with Gasteiger partial charge in [-0.3, -0.25) is 14.9 Å². The molecule has 0 saturated carbocycles. The standard InChI is InChI=1S/C12H10ClN3O4/c1-7-4-9(20-15-7)6-14-12(17)10-3-2-8(16(18)19)5-11(10)13/h2-5H,6H2,1H3,(H,14,17). The lowest BCUT2D eigenvalue weighted by molar-refractivity contribution is -0.384. The highest BCUT2D eigenvalue weighted by molar-refractivity contribution is 6.34. The molecule has 0 saturated heterocycles. The SMILES string of the molecule is Cc1cc(CNC(=O)c2ccc([N+](=O)[O-])cc2Cl)on1. The van der Waals surface area contributed by atoms with E-state index in [4.69, 9.17) is 16.1 Å². The summed E-state index contributed by atoms with van der Waals surface area (Å²) in [4.78, 5) is 21.9. The number of hydrogen-bond acceptors (Lipinski definition) is 5. The van der Waals surface area contributed by atoms with Gasteiger partial charge in [-0.1, -0.05) is 16.8 Å². The van der Waals surface area contributed by atoms with Crippen LogP contribution in [-0.2, 0) is 6.54 Å². The first-order valence-electron chi connectivity index (χ1n) is 5.61. The van der Waals surface area contributed by atoms with Crippen LogP contribution in [0.5, 0.6) is 0 Å². The number of carbonyl (C=O) groups excluding carboxylic acids is 1. The van der Waals surface area contributed by atoms with E-state index in [-0.39, 0.29) is 22.8 Å². The van der Waals surface area contributed by atoms with Crippen molar-refractivity contribution >= 4 is 23.2 Å². The summed E-state index contributed by atoms with van der Waals surface area (Å²) in [6.45, 7) is 1.93. The van der Waals surface area contributed by atoms with Crippen LogP contribution in [-0.4, -0.2) is 16.0 Å². The van der Waals surface area contributed by atoms with Gasteiger partial charge in [-0.25, -0.2) is 0 Å². The molecule has 104 valence electrons. The predicted octanol–water partition coefficient (Wildman–Crippen LogP) is 2.47. The van der Waals surface area contributed by atoms with Crippen LogP contribution in [0, 0.1) is 17.0 Å². The average molecular weight is 296 g/mol. The fourth-order valence-electron chi connectivity index (χ4n) is 1.56. The van der Waals surface area contributed by atoms with Gasteiger partial charge in [0, 0.05) is 18.2 Å². The summed E-state index contributed by atoms with van der Waals surface area (Å²) in [7, 11) is 0. The molecule has 0 aliphatic carbocycles. The topological polar surface area (TPSA) is 98.3 Å². The van der Waals surface area contributed by atoms with Gasteiger partial charge in [-0.05, 0) is 13.0 Å². The Morgan fingerprint density at radius 1 is 1.50 bits per heavy atom. The number of nitro groups is 1. The van der Waals surface area contributed by atoms with Crippen LogP contribution < -0.4 is 5.32 Å². The Morgan fingerprint density at radius 3 is 2.80 bits per heavy atom. The van der Waals surface area contributed by atoms with Gasteiger partial charge in [0.2, 0.25) is 0 Å². The highest BCUT2D eigenvalue weighted by atomic mass is 35.5. The minimum atomic E-state index is -0.579. The Morgan fingerprint density at radius 2 is 2.25 bits per heavy atom. The number of nitrogens with one attached hydrogen (secondary N) is 1. The molecule has 0 aliphatic heterocycles. The fourth-order valence-corrected chi connectivity index (χ4v) is 1.82. The summed E-state index contributed by atoms with van der Waals surface area (Å²) < 4.78 is 4.94. The highest BCUT2D eigenvalue weighted by Gasteiger charge is 2.15. The summed E-state index contributed by atoms with van der Waals surface area (Å²) in [5.74, 6) is 0.0628. The van der Waals surface area contributed by atoms with Gasteiger partial charge in [0.1, 0.15) is 0 Å². The lowest BCUT2D eigenvalue weighted by Crippen LogP contribution is -2.22. The molecular weight excluding hydrogens is 286 g/mol. The first kappa shape index (κ1) is 14.0. The van der Waals surface area contributed by atoms with Crippen LogP contribution in [0.3, 0.4) is 0 Å². The van der Waals surface area contributed by atoms with Crippen molar-refractivity contribution in [2.45, 2.75) is 13.5 Å². The zero-order valence-electron chi connectivity index (χ0n) is 10.4. The molecule has 2 aromatic rings. The molecule has 0 unspecified atom stereocenters. The Kier molecular flexibility index (Phi) is 3.99. The van der Waals surface area contributed by atoms with E-state index in [1.54, 1.807) is 13.0 Å². The van der Waals surface area contributed by atoms with Crippen molar-refractivity contribution in [3.05, 3.63) is 56.4 Å². The van der Waals surface area contributed by atoms with E-state index in [0.29, 0.717) is 11.5 Å². The molecule has 1 amide bonds. The Bertz CT molecular complexity index is 668. The van der Waals surface area contributed by atoms with Gasteiger partial charge >= 0.3 is 0 Å². The molecule has 8 heteroatoms. The van der Waals surface area contributed by atoms with Crippen molar-refractivity contribution < 1.29 is 14.2 Å². The zero-order chi connectivity index (χ0) is 14.7. The number of benzene rings is 1. The van der Waals surface area contributed by atoms with Gasteiger partial charge in [-0.15, -0.1) is 0 Å². The predicted molar refractivity (Wildman–Crippen MR) is 70.5 cm³/mol. The Balaban J connectivity index is 2.07. The largest absolute Gasteiger partial charge is 0.359 e. The first-order valence-corrected chi connectivity index (χ1v) is 5.99. The molecule has 0 atom stereocenters. The lowest BCUT2D eigenvalue weighted by atomic mass is 10.2. The monoisotopic (exact) mass is 295 g/mol. The number of nitro benzene ring substituents is 1. The van der Waals surface area contributed by atoms with E-state index in [9.17, 15) is 14.9 Å². The van der Waals surface area contributed by atoms with Gasteiger partial charge in [0.05, 0.1) is 27.7 Å². The van der Waals surface area contributed by atoms with Crippen molar-refractivity contribution in [1.29, 1.82) is 0 Å². The average Bonchev–Trinajstić information content (AvgIpc) is 2.81. The second-order valence-electron chi connectivity index (χ2n) is 4.04. The quantitative estimate of drug-likeness (QED) is 0.690. The number of amides is 1. The van der Waals surface area contributed by atoms with E-state index in [1.807, 2.05) is 0 Å². The van der Waals surface area contributed by atoms with E-state index in [0.717, 1.165) is 6.07 Å². The molecule has 7 nitrogen and oxygen atoms in total. The number of nitrogens with zero attached hydrogens (tertiary/aromatic N) is 2. The maximum atomic E-state index is 11.9. The summed E-state index contributed by atoms with van der Waals surface area (Å²) >= 11 is 5.85. The molecule has 0 aliphatic rings. The van der Waals surface area contributed by atoms with E-state index in [2.05, 4.69) is 10.5 Å². The third-order valence-corrected chi connectivity index (χ3v) is 2.82. The Labute approximate surface area is 118 Å². The highest BCUT2D eigenvalue weighted by Crippen LogP contribution is 2.22. The van der Waals surface area contributed by atoms with Crippen molar-refractivity contribution in [3.63, 3.8) is 0 Å². The van der Waals surface area contributed by atoms with Crippen molar-refractivity contribution in [2.75, 3.05) is 0 Å². The van der Waals surface area contributed by atoms with Gasteiger partial charge in [-0.2, -0.15) is 0 Å². The normalized spacial score (nSPS) is 10.3. The van der Waals surface area contributed by atoms with E-state index < -0.39 is 10.8 Å². The molecule has 0 fully saturated rings. The molecule has 1 heterocycles. The van der Waals surface area contributed by atoms with Crippen LogP contribution in [0.1, 0.15) is 21.8 Å². The molecule has 0 spiro atoms. The minimum absolute atomic E-state index is 0.0189. The third kappa shape index (κ3) is 3.12. The van der Waals surface area contributed by atoms with Crippen molar-refractivity contribution in [2.24, 2.45) is 0 Å². The van der Waals surface area contributed by atoms with Crippen LogP contribution in [0.15, 0.2) is 28.8 Å². The lowest BCUT2D eigenvalue weighted by Gasteiger charge is -2.04. The summed E-state index contributed by atoms with van der Waals surface area (Å²) in [6.07, 6.45) is 0. The summed E-state index contributed by atoms with van der Waals surface area (Å²) in [5.41, 5.74) is 0.702. The molecule has 2 rings (SSSR count). The first-order chi connectivity index (χ1) is 9.47. The number of halogens is 1. The number of hydrogen-bond donors (Lipinski definition) is 1. The van der Waals surface area contributed by atoms with Gasteiger partial charge in [0.25, 0.3) is 11.6 Å². The number of aromatic nitrogens is 1.